The van der Waals surface area contributed by atoms with Crippen LogP contribution in [0.15, 0.2) is 58.9 Å². The van der Waals surface area contributed by atoms with Crippen molar-refractivity contribution in [1.82, 2.24) is 4.90 Å². The number of Topliss-reactive ketones (excluding diaryl/α,β-unsaturated/α-hetero) is 2. The first-order valence-electron chi connectivity index (χ1n) is 13.8. The molecule has 0 saturated heterocycles. The molecule has 0 saturated carbocycles. The number of carbonyl (C=O) groups is 2. The van der Waals surface area contributed by atoms with Crippen LogP contribution in [0.3, 0.4) is 0 Å². The molecule has 0 atom stereocenters. The van der Waals surface area contributed by atoms with E-state index in [0.717, 1.165) is 46.5 Å². The van der Waals surface area contributed by atoms with Gasteiger partial charge in [0.25, 0.3) is 0 Å². The summed E-state index contributed by atoms with van der Waals surface area (Å²) in [6.07, 6.45) is 2.45. The Balaban J connectivity index is 1.61. The van der Waals surface area contributed by atoms with Crippen molar-refractivity contribution >= 4 is 34.8 Å². The van der Waals surface area contributed by atoms with Gasteiger partial charge in [-0.3, -0.25) is 9.59 Å². The summed E-state index contributed by atoms with van der Waals surface area (Å²) in [5.74, 6) is 0.122. The lowest BCUT2D eigenvalue weighted by molar-refractivity contribution is -0.119. The van der Waals surface area contributed by atoms with Gasteiger partial charge in [0.05, 0.1) is 10.0 Å². The predicted octanol–water partition coefficient (Wildman–Crippen LogP) is 8.59. The Bertz CT molecular complexity index is 1340. The van der Waals surface area contributed by atoms with Crippen molar-refractivity contribution in [2.45, 2.75) is 79.8 Å². The second-order valence-corrected chi connectivity index (χ2v) is 13.7. The molecule has 1 heterocycles. The third-order valence-electron chi connectivity index (χ3n) is 8.20. The van der Waals surface area contributed by atoms with Crippen LogP contribution in [0.2, 0.25) is 10.0 Å². The van der Waals surface area contributed by atoms with Crippen LogP contribution in [0.1, 0.15) is 82.9 Å². The standard InChI is InChI=1S/C33H37Cl2NO3/c1-7-36-24-14-32(3,4)16-26(37)29(24)28(30-25(36)15-33(5,6)17-27(30)38)21-12-22(34)31(23(35)13-21)39-18-20-10-8-19(2)9-11-20/h8-13,28H,7,14-18H2,1-6H3. The van der Waals surface area contributed by atoms with E-state index in [1.807, 2.05) is 43.3 Å². The highest BCUT2D eigenvalue weighted by molar-refractivity contribution is 6.37. The van der Waals surface area contributed by atoms with Crippen molar-refractivity contribution < 1.29 is 14.3 Å². The first-order valence-corrected chi connectivity index (χ1v) is 14.5. The van der Waals surface area contributed by atoms with E-state index in [9.17, 15) is 9.59 Å². The van der Waals surface area contributed by atoms with Crippen LogP contribution < -0.4 is 4.74 Å². The zero-order chi connectivity index (χ0) is 28.3. The van der Waals surface area contributed by atoms with E-state index >= 15 is 0 Å². The van der Waals surface area contributed by atoms with Crippen molar-refractivity contribution in [2.24, 2.45) is 10.8 Å². The minimum atomic E-state index is -0.480. The molecule has 4 nitrogen and oxygen atoms in total. The summed E-state index contributed by atoms with van der Waals surface area (Å²) in [6, 6.07) is 11.8. The van der Waals surface area contributed by atoms with Gasteiger partial charge in [0.2, 0.25) is 0 Å². The predicted molar refractivity (Wildman–Crippen MR) is 157 cm³/mol. The van der Waals surface area contributed by atoms with Crippen molar-refractivity contribution in [2.75, 3.05) is 6.54 Å². The molecule has 0 fully saturated rings. The zero-order valence-corrected chi connectivity index (χ0v) is 25.2. The monoisotopic (exact) mass is 565 g/mol. The number of aryl methyl sites for hydroxylation is 1. The van der Waals surface area contributed by atoms with Crippen molar-refractivity contribution in [1.29, 1.82) is 0 Å². The van der Waals surface area contributed by atoms with Gasteiger partial charge in [-0.25, -0.2) is 0 Å². The van der Waals surface area contributed by atoms with E-state index in [4.69, 9.17) is 27.9 Å². The molecule has 1 aliphatic heterocycles. The van der Waals surface area contributed by atoms with E-state index in [-0.39, 0.29) is 22.4 Å². The Morgan fingerprint density at radius 1 is 0.846 bits per heavy atom. The third-order valence-corrected chi connectivity index (χ3v) is 8.76. The first-order chi connectivity index (χ1) is 18.3. The topological polar surface area (TPSA) is 46.6 Å². The fraction of sp³-hybridized carbons (Fsp3) is 0.455. The highest BCUT2D eigenvalue weighted by Crippen LogP contribution is 2.55. The number of allylic oxidation sites excluding steroid dienone is 4. The maximum atomic E-state index is 13.8. The average Bonchev–Trinajstić information content (AvgIpc) is 2.82. The second-order valence-electron chi connectivity index (χ2n) is 12.9. The van der Waals surface area contributed by atoms with Crippen molar-refractivity contribution in [3.8, 4) is 5.75 Å². The maximum absolute atomic E-state index is 13.8. The molecular formula is C33H37Cl2NO3. The van der Waals surface area contributed by atoms with Gasteiger partial charge in [0.15, 0.2) is 17.3 Å². The van der Waals surface area contributed by atoms with Gasteiger partial charge in [-0.2, -0.15) is 0 Å². The summed E-state index contributed by atoms with van der Waals surface area (Å²) >= 11 is 13.6. The fourth-order valence-corrected chi connectivity index (χ4v) is 7.10. The first kappa shape index (κ1) is 28.0. The summed E-state index contributed by atoms with van der Waals surface area (Å²) in [4.78, 5) is 29.9. The summed E-state index contributed by atoms with van der Waals surface area (Å²) in [7, 11) is 0. The number of ether oxygens (including phenoxy) is 1. The van der Waals surface area contributed by atoms with Gasteiger partial charge in [0.1, 0.15) is 6.61 Å². The zero-order valence-electron chi connectivity index (χ0n) is 23.7. The number of ketones is 2. The summed E-state index contributed by atoms with van der Waals surface area (Å²) in [6.45, 7) is 13.8. The Morgan fingerprint density at radius 3 is 1.79 bits per heavy atom. The van der Waals surface area contributed by atoms with Crippen LogP contribution in [-0.4, -0.2) is 23.0 Å². The van der Waals surface area contributed by atoms with E-state index in [1.54, 1.807) is 0 Å². The average molecular weight is 567 g/mol. The molecule has 5 rings (SSSR count). The molecule has 0 radical (unpaired) electrons. The molecule has 206 valence electrons. The van der Waals surface area contributed by atoms with Crippen LogP contribution in [0, 0.1) is 17.8 Å². The largest absolute Gasteiger partial charge is 0.486 e. The van der Waals surface area contributed by atoms with Crippen LogP contribution in [0.5, 0.6) is 5.75 Å². The van der Waals surface area contributed by atoms with Gasteiger partial charge in [0, 0.05) is 47.8 Å². The van der Waals surface area contributed by atoms with Gasteiger partial charge in [-0.15, -0.1) is 0 Å². The SMILES string of the molecule is CCN1C2=C(C(=O)CC(C)(C)C2)C(c2cc(Cl)c(OCc3ccc(C)cc3)c(Cl)c2)C2=C1CC(C)(C)CC2=O. The molecule has 0 bridgehead atoms. The van der Waals surface area contributed by atoms with Crippen molar-refractivity contribution in [3.63, 3.8) is 0 Å². The highest BCUT2D eigenvalue weighted by Gasteiger charge is 2.48. The molecule has 2 aromatic rings. The number of hydrogen-bond acceptors (Lipinski definition) is 4. The molecule has 0 aromatic heterocycles. The lowest BCUT2D eigenvalue weighted by Crippen LogP contribution is -2.44. The number of carbonyl (C=O) groups excluding carboxylic acids is 2. The Morgan fingerprint density at radius 2 is 1.33 bits per heavy atom. The summed E-state index contributed by atoms with van der Waals surface area (Å²) in [5, 5.41) is 0.748. The molecule has 0 amide bonds. The summed E-state index contributed by atoms with van der Waals surface area (Å²) in [5.41, 5.74) is 6.19. The third kappa shape index (κ3) is 5.30. The minimum Gasteiger partial charge on any atom is -0.486 e. The molecular weight excluding hydrogens is 529 g/mol. The Kier molecular flexibility index (Phi) is 7.26. The van der Waals surface area contributed by atoms with Crippen LogP contribution in [0.4, 0.5) is 0 Å². The number of rotatable bonds is 5. The lowest BCUT2D eigenvalue weighted by Gasteiger charge is -2.49. The Hall–Kier alpha value is -2.56. The fourth-order valence-electron chi connectivity index (χ4n) is 6.49. The number of hydrogen-bond donors (Lipinski definition) is 0. The van der Waals surface area contributed by atoms with Crippen LogP contribution in [-0.2, 0) is 16.2 Å². The van der Waals surface area contributed by atoms with E-state index in [1.165, 1.54) is 5.56 Å². The summed E-state index contributed by atoms with van der Waals surface area (Å²) < 4.78 is 6.05. The molecule has 6 heteroatoms. The van der Waals surface area contributed by atoms with Gasteiger partial charge in [-0.05, 0) is 60.8 Å². The normalized spacial score (nSPS) is 20.8. The van der Waals surface area contributed by atoms with Gasteiger partial charge < -0.3 is 9.64 Å². The minimum absolute atomic E-state index is 0.0980. The van der Waals surface area contributed by atoms with Crippen molar-refractivity contribution in [3.05, 3.63) is 85.7 Å². The molecule has 2 aromatic carbocycles. The van der Waals surface area contributed by atoms with Crippen LogP contribution in [0.25, 0.3) is 0 Å². The number of benzene rings is 2. The van der Waals surface area contributed by atoms with Crippen LogP contribution >= 0.6 is 23.2 Å². The number of nitrogens with zero attached hydrogens (tertiary/aromatic N) is 1. The van der Waals surface area contributed by atoms with E-state index in [0.29, 0.717) is 41.8 Å². The van der Waals surface area contributed by atoms with E-state index < -0.39 is 5.92 Å². The molecule has 2 aliphatic carbocycles. The molecule has 0 unspecified atom stereocenters. The molecule has 39 heavy (non-hydrogen) atoms. The lowest BCUT2D eigenvalue weighted by atomic mass is 9.63. The van der Waals surface area contributed by atoms with Gasteiger partial charge >= 0.3 is 0 Å². The number of halogens is 2. The molecule has 0 spiro atoms. The molecule has 0 N–H and O–H groups in total. The highest BCUT2D eigenvalue weighted by atomic mass is 35.5. The van der Waals surface area contributed by atoms with Gasteiger partial charge in [-0.1, -0.05) is 80.7 Å². The molecule has 3 aliphatic rings. The quantitative estimate of drug-likeness (QED) is 0.364. The maximum Gasteiger partial charge on any atom is 0.162 e. The van der Waals surface area contributed by atoms with E-state index in [2.05, 4.69) is 39.5 Å². The second kappa shape index (κ2) is 10.1. The Labute approximate surface area is 242 Å². The smallest absolute Gasteiger partial charge is 0.162 e.